The van der Waals surface area contributed by atoms with Crippen LogP contribution in [0.3, 0.4) is 0 Å². The van der Waals surface area contributed by atoms with Gasteiger partial charge in [0.1, 0.15) is 0 Å². The molecule has 0 bridgehead atoms. The highest BCUT2D eigenvalue weighted by atomic mass is 32.2. The minimum atomic E-state index is -3.48. The number of hydrogen-bond donors (Lipinski definition) is 1. The predicted molar refractivity (Wildman–Crippen MR) is 86.5 cm³/mol. The van der Waals surface area contributed by atoms with Crippen molar-refractivity contribution in [1.82, 2.24) is 4.31 Å². The molecule has 0 spiro atoms. The molecule has 22 heavy (non-hydrogen) atoms. The van der Waals surface area contributed by atoms with Gasteiger partial charge in [-0.1, -0.05) is 13.0 Å². The van der Waals surface area contributed by atoms with Crippen LogP contribution in [0.1, 0.15) is 18.9 Å². The fraction of sp³-hybridized carbons (Fsp3) is 0.625. The lowest BCUT2D eigenvalue weighted by Gasteiger charge is -2.28. The molecule has 2 aliphatic heterocycles. The summed E-state index contributed by atoms with van der Waals surface area (Å²) in [6.07, 6.45) is 2.12. The van der Waals surface area contributed by atoms with Crippen molar-refractivity contribution in [2.45, 2.75) is 24.7 Å². The molecule has 1 N–H and O–H groups in total. The molecule has 0 aromatic heterocycles. The second-order valence-electron chi connectivity index (χ2n) is 6.56. The van der Waals surface area contributed by atoms with E-state index in [9.17, 15) is 13.5 Å². The lowest BCUT2D eigenvalue weighted by molar-refractivity contribution is 0.210. The molecular formula is C16H24N2O3S. The smallest absolute Gasteiger partial charge is 0.243 e. The zero-order valence-corrected chi connectivity index (χ0v) is 14.0. The average molecular weight is 324 g/mol. The van der Waals surface area contributed by atoms with Crippen LogP contribution in [0.4, 0.5) is 5.69 Å². The van der Waals surface area contributed by atoms with Gasteiger partial charge in [-0.3, -0.25) is 0 Å². The van der Waals surface area contributed by atoms with Crippen molar-refractivity contribution >= 4 is 15.7 Å². The molecule has 2 heterocycles. The number of nitrogens with zero attached hydrogens (tertiary/aromatic N) is 2. The van der Waals surface area contributed by atoms with Crippen LogP contribution in [-0.2, 0) is 16.4 Å². The first-order valence-electron chi connectivity index (χ1n) is 7.88. The third kappa shape index (κ3) is 2.64. The quantitative estimate of drug-likeness (QED) is 0.911. The van der Waals surface area contributed by atoms with Crippen molar-refractivity contribution < 1.29 is 13.5 Å². The number of benzene rings is 1. The summed E-state index contributed by atoms with van der Waals surface area (Å²) in [6.45, 7) is 3.90. The van der Waals surface area contributed by atoms with E-state index in [0.29, 0.717) is 18.0 Å². The highest BCUT2D eigenvalue weighted by Gasteiger charge is 2.37. The molecule has 0 amide bonds. The molecule has 3 rings (SSSR count). The molecule has 1 aromatic rings. The van der Waals surface area contributed by atoms with Crippen molar-refractivity contribution in [3.8, 4) is 0 Å². The molecule has 6 heteroatoms. The summed E-state index contributed by atoms with van der Waals surface area (Å²) in [5.41, 5.74) is 2.24. The number of aliphatic hydroxyl groups excluding tert-OH is 1. The Bertz CT molecular complexity index is 659. The Labute approximate surface area is 132 Å². The molecule has 0 saturated carbocycles. The van der Waals surface area contributed by atoms with Gasteiger partial charge in [0.25, 0.3) is 0 Å². The standard InChI is InChI=1S/C16H24N2O3S/c1-12-9-18(10-14(12)11-19)22(20,21)15-6-5-13-4-3-7-17(2)16(13)8-15/h5-6,8,12,14,19H,3-4,7,9-11H2,1-2H3/t12-,14+/m1/s1. The molecule has 122 valence electrons. The third-order valence-electron chi connectivity index (χ3n) is 5.01. The average Bonchev–Trinajstić information content (AvgIpc) is 2.89. The van der Waals surface area contributed by atoms with E-state index in [2.05, 4.69) is 4.90 Å². The number of rotatable bonds is 3. The number of anilines is 1. The van der Waals surface area contributed by atoms with Gasteiger partial charge in [0, 0.05) is 39.0 Å². The van der Waals surface area contributed by atoms with Gasteiger partial charge in [0.15, 0.2) is 0 Å². The number of fused-ring (bicyclic) bond motifs is 1. The van der Waals surface area contributed by atoms with E-state index in [1.807, 2.05) is 20.0 Å². The van der Waals surface area contributed by atoms with Crippen molar-refractivity contribution in [1.29, 1.82) is 0 Å². The topological polar surface area (TPSA) is 60.9 Å². The zero-order valence-electron chi connectivity index (χ0n) is 13.2. The number of sulfonamides is 1. The second kappa shape index (κ2) is 5.83. The molecule has 0 unspecified atom stereocenters. The summed E-state index contributed by atoms with van der Waals surface area (Å²) in [5.74, 6) is 0.232. The fourth-order valence-electron chi connectivity index (χ4n) is 3.47. The molecule has 5 nitrogen and oxygen atoms in total. The third-order valence-corrected chi connectivity index (χ3v) is 6.84. The van der Waals surface area contributed by atoms with E-state index in [4.69, 9.17) is 0 Å². The van der Waals surface area contributed by atoms with Crippen LogP contribution in [-0.4, -0.2) is 51.1 Å². The summed E-state index contributed by atoms with van der Waals surface area (Å²) in [7, 11) is -1.47. The Morgan fingerprint density at radius 1 is 1.32 bits per heavy atom. The van der Waals surface area contributed by atoms with Gasteiger partial charge in [0.2, 0.25) is 10.0 Å². The summed E-state index contributed by atoms with van der Waals surface area (Å²) in [6, 6.07) is 5.48. The van der Waals surface area contributed by atoms with Crippen LogP contribution in [0.5, 0.6) is 0 Å². The van der Waals surface area contributed by atoms with Gasteiger partial charge in [-0.05, 0) is 42.4 Å². The maximum atomic E-state index is 12.9. The largest absolute Gasteiger partial charge is 0.396 e. The van der Waals surface area contributed by atoms with Gasteiger partial charge in [-0.2, -0.15) is 4.31 Å². The van der Waals surface area contributed by atoms with Crippen LogP contribution >= 0.6 is 0 Å². The van der Waals surface area contributed by atoms with Crippen molar-refractivity contribution in [3.05, 3.63) is 23.8 Å². The predicted octanol–water partition coefficient (Wildman–Crippen LogP) is 1.32. The minimum Gasteiger partial charge on any atom is -0.396 e. The van der Waals surface area contributed by atoms with Gasteiger partial charge in [-0.15, -0.1) is 0 Å². The van der Waals surface area contributed by atoms with E-state index in [0.717, 1.165) is 25.1 Å². The van der Waals surface area contributed by atoms with Crippen LogP contribution < -0.4 is 4.90 Å². The highest BCUT2D eigenvalue weighted by Crippen LogP contribution is 2.32. The molecule has 0 radical (unpaired) electrons. The zero-order chi connectivity index (χ0) is 15.9. The highest BCUT2D eigenvalue weighted by molar-refractivity contribution is 7.89. The van der Waals surface area contributed by atoms with Crippen LogP contribution in [0, 0.1) is 11.8 Å². The van der Waals surface area contributed by atoms with Gasteiger partial charge in [-0.25, -0.2) is 8.42 Å². The van der Waals surface area contributed by atoms with E-state index in [1.165, 1.54) is 9.87 Å². The number of aryl methyl sites for hydroxylation is 1. The Hall–Kier alpha value is -1.11. The van der Waals surface area contributed by atoms with Crippen molar-refractivity contribution in [2.75, 3.05) is 38.2 Å². The molecule has 1 aromatic carbocycles. The van der Waals surface area contributed by atoms with E-state index >= 15 is 0 Å². The summed E-state index contributed by atoms with van der Waals surface area (Å²) >= 11 is 0. The number of aliphatic hydroxyl groups is 1. The van der Waals surface area contributed by atoms with Crippen LogP contribution in [0.15, 0.2) is 23.1 Å². The van der Waals surface area contributed by atoms with Crippen molar-refractivity contribution in [3.63, 3.8) is 0 Å². The molecular weight excluding hydrogens is 300 g/mol. The number of hydrogen-bond acceptors (Lipinski definition) is 4. The van der Waals surface area contributed by atoms with Gasteiger partial charge in [0.05, 0.1) is 4.90 Å². The second-order valence-corrected chi connectivity index (χ2v) is 8.50. The maximum absolute atomic E-state index is 12.9. The van der Waals surface area contributed by atoms with Crippen LogP contribution in [0.2, 0.25) is 0 Å². The molecule has 2 atom stereocenters. The Kier molecular flexibility index (Phi) is 4.18. The first-order valence-corrected chi connectivity index (χ1v) is 9.32. The van der Waals surface area contributed by atoms with Crippen molar-refractivity contribution in [2.24, 2.45) is 11.8 Å². The van der Waals surface area contributed by atoms with Gasteiger partial charge >= 0.3 is 0 Å². The van der Waals surface area contributed by atoms with Gasteiger partial charge < -0.3 is 10.0 Å². The fourth-order valence-corrected chi connectivity index (χ4v) is 5.09. The van der Waals surface area contributed by atoms with E-state index in [1.54, 1.807) is 12.1 Å². The molecule has 0 aliphatic carbocycles. The Morgan fingerprint density at radius 2 is 2.09 bits per heavy atom. The minimum absolute atomic E-state index is 0.0371. The van der Waals surface area contributed by atoms with E-state index < -0.39 is 10.0 Å². The Morgan fingerprint density at radius 3 is 2.77 bits per heavy atom. The normalized spacial score (nSPS) is 26.2. The maximum Gasteiger partial charge on any atom is 0.243 e. The molecule has 1 saturated heterocycles. The molecule has 1 fully saturated rings. The summed E-state index contributed by atoms with van der Waals surface area (Å²) in [4.78, 5) is 2.49. The monoisotopic (exact) mass is 324 g/mol. The molecule has 2 aliphatic rings. The lowest BCUT2D eigenvalue weighted by atomic mass is 10.00. The first-order chi connectivity index (χ1) is 10.4. The summed E-state index contributed by atoms with van der Waals surface area (Å²) < 4.78 is 27.2. The summed E-state index contributed by atoms with van der Waals surface area (Å²) in [5, 5.41) is 9.36. The first kappa shape index (κ1) is 15.8. The SMILES string of the molecule is C[C@@H]1CN(S(=O)(=O)c2ccc3c(c2)N(C)CCC3)C[C@H]1CO. The van der Waals surface area contributed by atoms with Crippen LogP contribution in [0.25, 0.3) is 0 Å². The Balaban J connectivity index is 1.92. The van der Waals surface area contributed by atoms with E-state index in [-0.39, 0.29) is 18.4 Å². The lowest BCUT2D eigenvalue weighted by Crippen LogP contribution is -2.30.